The molecule has 3 aliphatic heterocycles. The molecule has 3 unspecified atom stereocenters. The molecule has 0 spiro atoms. The van der Waals surface area contributed by atoms with Gasteiger partial charge in [-0.1, -0.05) is 12.1 Å². The lowest BCUT2D eigenvalue weighted by Crippen LogP contribution is -2.54. The van der Waals surface area contributed by atoms with Gasteiger partial charge in [0.1, 0.15) is 6.04 Å². The molecule has 4 rings (SSSR count). The van der Waals surface area contributed by atoms with Crippen molar-refractivity contribution in [1.82, 2.24) is 15.1 Å². The second kappa shape index (κ2) is 7.66. The van der Waals surface area contributed by atoms with E-state index in [0.29, 0.717) is 37.4 Å². The minimum atomic E-state index is -0.959. The number of nitrogens with one attached hydrogen (secondary N) is 1. The third kappa shape index (κ3) is 3.57. The summed E-state index contributed by atoms with van der Waals surface area (Å²) in [5, 5.41) is 2.21. The summed E-state index contributed by atoms with van der Waals surface area (Å²) in [6.45, 7) is 4.27. The van der Waals surface area contributed by atoms with Crippen molar-refractivity contribution in [2.24, 2.45) is 5.73 Å². The van der Waals surface area contributed by atoms with Crippen molar-refractivity contribution in [2.45, 2.75) is 44.5 Å². The molecule has 3 aliphatic rings. The Kier molecular flexibility index (Phi) is 5.20. The largest absolute Gasteiger partial charge is 0.374 e. The van der Waals surface area contributed by atoms with Gasteiger partial charge >= 0.3 is 0 Å². The van der Waals surface area contributed by atoms with E-state index in [1.165, 1.54) is 0 Å². The Morgan fingerprint density at radius 3 is 2.76 bits per heavy atom. The van der Waals surface area contributed by atoms with Crippen LogP contribution < -0.4 is 11.1 Å². The summed E-state index contributed by atoms with van der Waals surface area (Å²) < 4.78 is 5.69. The van der Waals surface area contributed by atoms with Crippen molar-refractivity contribution in [3.05, 3.63) is 34.9 Å². The summed E-state index contributed by atoms with van der Waals surface area (Å²) >= 11 is 0. The van der Waals surface area contributed by atoms with Crippen molar-refractivity contribution in [3.8, 4) is 0 Å². The predicted octanol–water partition coefficient (Wildman–Crippen LogP) is -0.364. The summed E-state index contributed by atoms with van der Waals surface area (Å²) in [5.74, 6) is -1.96. The second-order valence-electron chi connectivity index (χ2n) is 7.79. The van der Waals surface area contributed by atoms with Crippen LogP contribution in [0.4, 0.5) is 0 Å². The Morgan fingerprint density at radius 1 is 1.24 bits per heavy atom. The number of carbonyl (C=O) groups excluding carboxylic acids is 4. The lowest BCUT2D eigenvalue weighted by atomic mass is 10.0. The molecule has 9 nitrogen and oxygen atoms in total. The standard InChI is InChI=1S/C20H24N4O5/c1-11(21)15-10-23(7-8-29-15)9-12-3-2-4-13-17(12)20(28)24(19(13)27)14-5-6-16(25)22-18(14)26/h2-4,11,14-15H,5-10,21H2,1H3,(H,22,25,26). The molecule has 0 radical (unpaired) electrons. The maximum atomic E-state index is 13.1. The minimum Gasteiger partial charge on any atom is -0.374 e. The van der Waals surface area contributed by atoms with E-state index in [2.05, 4.69) is 10.2 Å². The van der Waals surface area contributed by atoms with Crippen molar-refractivity contribution in [3.63, 3.8) is 0 Å². The van der Waals surface area contributed by atoms with E-state index in [4.69, 9.17) is 10.5 Å². The quantitative estimate of drug-likeness (QED) is 0.662. The summed E-state index contributed by atoms with van der Waals surface area (Å²) in [6, 6.07) is 4.12. The first-order valence-electron chi connectivity index (χ1n) is 9.80. The molecule has 1 aromatic rings. The van der Waals surface area contributed by atoms with Gasteiger partial charge < -0.3 is 10.5 Å². The minimum absolute atomic E-state index is 0.0854. The number of nitrogens with two attached hydrogens (primary N) is 1. The van der Waals surface area contributed by atoms with Crippen LogP contribution in [0.15, 0.2) is 18.2 Å². The van der Waals surface area contributed by atoms with Crippen molar-refractivity contribution in [1.29, 1.82) is 0 Å². The van der Waals surface area contributed by atoms with Gasteiger partial charge in [0.15, 0.2) is 0 Å². The van der Waals surface area contributed by atoms with E-state index in [0.717, 1.165) is 10.5 Å². The maximum absolute atomic E-state index is 13.1. The smallest absolute Gasteiger partial charge is 0.262 e. The molecule has 0 aromatic heterocycles. The predicted molar refractivity (Wildman–Crippen MR) is 102 cm³/mol. The molecular formula is C20H24N4O5. The van der Waals surface area contributed by atoms with Gasteiger partial charge in [-0.3, -0.25) is 34.3 Å². The number of imide groups is 2. The van der Waals surface area contributed by atoms with Crippen LogP contribution >= 0.6 is 0 Å². The number of morpholine rings is 1. The molecule has 2 fully saturated rings. The topological polar surface area (TPSA) is 122 Å². The maximum Gasteiger partial charge on any atom is 0.262 e. The number of fused-ring (bicyclic) bond motifs is 1. The lowest BCUT2D eigenvalue weighted by Gasteiger charge is -2.35. The number of piperidine rings is 1. The van der Waals surface area contributed by atoms with Gasteiger partial charge in [-0.15, -0.1) is 0 Å². The summed E-state index contributed by atoms with van der Waals surface area (Å²) in [5.41, 5.74) is 7.33. The highest BCUT2D eigenvalue weighted by Crippen LogP contribution is 2.30. The molecule has 3 heterocycles. The van der Waals surface area contributed by atoms with Gasteiger partial charge in [-0.25, -0.2) is 0 Å². The fourth-order valence-electron chi connectivity index (χ4n) is 4.15. The third-order valence-electron chi connectivity index (χ3n) is 5.71. The lowest BCUT2D eigenvalue weighted by molar-refractivity contribution is -0.136. The van der Waals surface area contributed by atoms with E-state index in [9.17, 15) is 19.2 Å². The highest BCUT2D eigenvalue weighted by Gasteiger charge is 2.45. The molecule has 1 aromatic carbocycles. The van der Waals surface area contributed by atoms with Gasteiger partial charge in [0.2, 0.25) is 11.8 Å². The zero-order valence-corrected chi connectivity index (χ0v) is 16.2. The van der Waals surface area contributed by atoms with Crippen LogP contribution in [0.5, 0.6) is 0 Å². The number of amides is 4. The number of hydrogen-bond donors (Lipinski definition) is 2. The van der Waals surface area contributed by atoms with Crippen LogP contribution in [0.1, 0.15) is 46.0 Å². The van der Waals surface area contributed by atoms with Crippen LogP contribution in [0, 0.1) is 0 Å². The summed E-state index contributed by atoms with van der Waals surface area (Å²) in [4.78, 5) is 52.9. The van der Waals surface area contributed by atoms with Crippen LogP contribution in [-0.4, -0.2) is 71.3 Å². The molecule has 3 N–H and O–H groups in total. The first kappa shape index (κ1) is 19.7. The normalized spacial score (nSPS) is 26.5. The molecule has 29 heavy (non-hydrogen) atoms. The average molecular weight is 400 g/mol. The van der Waals surface area contributed by atoms with Gasteiger partial charge in [-0.05, 0) is 25.0 Å². The average Bonchev–Trinajstić information content (AvgIpc) is 2.94. The first-order chi connectivity index (χ1) is 13.9. The highest BCUT2D eigenvalue weighted by atomic mass is 16.5. The molecule has 0 saturated carbocycles. The molecule has 0 aliphatic carbocycles. The SMILES string of the molecule is CC(N)C1CN(Cc2cccc3c2C(=O)N(C2CCC(=O)NC2=O)C3=O)CCO1. The Labute approximate surface area is 168 Å². The van der Waals surface area contributed by atoms with Crippen LogP contribution in [0.3, 0.4) is 0 Å². The first-order valence-corrected chi connectivity index (χ1v) is 9.80. The van der Waals surface area contributed by atoms with Crippen LogP contribution in [0.2, 0.25) is 0 Å². The van der Waals surface area contributed by atoms with E-state index in [1.54, 1.807) is 12.1 Å². The van der Waals surface area contributed by atoms with Gasteiger partial charge in [0.05, 0.1) is 23.8 Å². The molecule has 154 valence electrons. The van der Waals surface area contributed by atoms with E-state index in [1.807, 2.05) is 13.0 Å². The summed E-state index contributed by atoms with van der Waals surface area (Å²) in [7, 11) is 0. The number of rotatable bonds is 4. The van der Waals surface area contributed by atoms with Gasteiger partial charge in [0, 0.05) is 32.1 Å². The Morgan fingerprint density at radius 2 is 2.03 bits per heavy atom. The second-order valence-corrected chi connectivity index (χ2v) is 7.79. The van der Waals surface area contributed by atoms with E-state index < -0.39 is 23.8 Å². The van der Waals surface area contributed by atoms with Crippen molar-refractivity contribution >= 4 is 23.6 Å². The van der Waals surface area contributed by atoms with Crippen LogP contribution in [0.25, 0.3) is 0 Å². The number of nitrogens with zero attached hydrogens (tertiary/aromatic N) is 2. The molecular weight excluding hydrogens is 376 g/mol. The number of ether oxygens (including phenoxy) is 1. The van der Waals surface area contributed by atoms with Gasteiger partial charge in [0.25, 0.3) is 11.8 Å². The fourth-order valence-corrected chi connectivity index (χ4v) is 4.15. The molecule has 2 saturated heterocycles. The van der Waals surface area contributed by atoms with E-state index in [-0.39, 0.29) is 30.9 Å². The number of carbonyl (C=O) groups is 4. The van der Waals surface area contributed by atoms with Gasteiger partial charge in [-0.2, -0.15) is 0 Å². The zero-order chi connectivity index (χ0) is 20.7. The molecule has 4 amide bonds. The van der Waals surface area contributed by atoms with E-state index >= 15 is 0 Å². The Hall–Kier alpha value is -2.62. The Balaban J connectivity index is 1.58. The third-order valence-corrected chi connectivity index (χ3v) is 5.71. The van der Waals surface area contributed by atoms with Crippen molar-refractivity contribution < 1.29 is 23.9 Å². The fraction of sp³-hybridized carbons (Fsp3) is 0.500. The Bertz CT molecular complexity index is 884. The number of benzene rings is 1. The number of hydrogen-bond acceptors (Lipinski definition) is 7. The molecule has 3 atom stereocenters. The monoisotopic (exact) mass is 400 g/mol. The van der Waals surface area contributed by atoms with Crippen molar-refractivity contribution in [2.75, 3.05) is 19.7 Å². The summed E-state index contributed by atoms with van der Waals surface area (Å²) in [6.07, 6.45) is 0.159. The highest BCUT2D eigenvalue weighted by molar-refractivity contribution is 6.24. The molecule has 9 heteroatoms. The molecule has 0 bridgehead atoms. The van der Waals surface area contributed by atoms with Crippen LogP contribution in [-0.2, 0) is 20.9 Å². The zero-order valence-electron chi connectivity index (χ0n) is 16.2.